The lowest BCUT2D eigenvalue weighted by Crippen LogP contribution is -2.49. The Labute approximate surface area is 261 Å². The Bertz CT molecular complexity index is 1520. The zero-order chi connectivity index (χ0) is 31.6. The Morgan fingerprint density at radius 1 is 0.911 bits per heavy atom. The number of anilines is 1. The highest BCUT2D eigenvalue weighted by molar-refractivity contribution is 6.12. The summed E-state index contributed by atoms with van der Waals surface area (Å²) >= 11 is 0. The molecule has 0 saturated carbocycles. The average Bonchev–Trinajstić information content (AvgIpc) is 3.48. The molecule has 2 amide bonds. The van der Waals surface area contributed by atoms with Gasteiger partial charge in [0.1, 0.15) is 23.8 Å². The number of aromatic nitrogens is 2. The molecule has 10 nitrogen and oxygen atoms in total. The predicted molar refractivity (Wildman–Crippen MR) is 168 cm³/mol. The highest BCUT2D eigenvalue weighted by Crippen LogP contribution is 2.19. The molecule has 0 bridgehead atoms. The quantitative estimate of drug-likeness (QED) is 0.182. The van der Waals surface area contributed by atoms with Gasteiger partial charge in [0, 0.05) is 70.8 Å². The van der Waals surface area contributed by atoms with Crippen LogP contribution >= 0.6 is 0 Å². The van der Waals surface area contributed by atoms with Crippen molar-refractivity contribution in [3.63, 3.8) is 0 Å². The Kier molecular flexibility index (Phi) is 10.8. The molecule has 2 saturated heterocycles. The van der Waals surface area contributed by atoms with Gasteiger partial charge in [-0.1, -0.05) is 12.1 Å². The van der Waals surface area contributed by atoms with Crippen LogP contribution < -0.4 is 9.64 Å². The summed E-state index contributed by atoms with van der Waals surface area (Å²) in [7, 11) is 1.60. The number of halogens is 2. The first-order valence-electron chi connectivity index (χ1n) is 15.2. The molecule has 0 spiro atoms. The molecule has 2 aromatic carbocycles. The predicted octanol–water partition coefficient (Wildman–Crippen LogP) is 4.14. The Hall–Kier alpha value is -4.74. The van der Waals surface area contributed by atoms with E-state index in [0.717, 1.165) is 25.2 Å². The summed E-state index contributed by atoms with van der Waals surface area (Å²) in [5.41, 5.74) is 1.91. The van der Waals surface area contributed by atoms with Crippen LogP contribution in [0, 0.1) is 11.6 Å². The number of amidine groups is 1. The minimum atomic E-state index is -0.368. The summed E-state index contributed by atoms with van der Waals surface area (Å²) in [4.78, 5) is 48.4. The molecule has 1 aromatic heterocycles. The van der Waals surface area contributed by atoms with E-state index in [1.54, 1.807) is 37.4 Å². The van der Waals surface area contributed by atoms with Crippen LogP contribution in [0.1, 0.15) is 43.2 Å². The van der Waals surface area contributed by atoms with E-state index in [4.69, 9.17) is 9.73 Å². The Morgan fingerprint density at radius 2 is 1.60 bits per heavy atom. The highest BCUT2D eigenvalue weighted by atomic mass is 19.1. The third-order valence-electron chi connectivity index (χ3n) is 7.89. The molecule has 0 aliphatic carbocycles. The summed E-state index contributed by atoms with van der Waals surface area (Å²) < 4.78 is 33.0. The fourth-order valence-corrected chi connectivity index (χ4v) is 5.40. The number of amides is 2. The van der Waals surface area contributed by atoms with Gasteiger partial charge in [-0.05, 0) is 61.2 Å². The number of hydrogen-bond donors (Lipinski definition) is 0. The molecule has 5 rings (SSSR count). The molecular formula is C33H37F2N7O3. The highest BCUT2D eigenvalue weighted by Gasteiger charge is 2.23. The zero-order valence-electron chi connectivity index (χ0n) is 25.4. The molecule has 45 heavy (non-hydrogen) atoms. The van der Waals surface area contributed by atoms with Gasteiger partial charge in [-0.2, -0.15) is 0 Å². The van der Waals surface area contributed by atoms with Gasteiger partial charge < -0.3 is 19.4 Å². The molecule has 0 atom stereocenters. The van der Waals surface area contributed by atoms with Gasteiger partial charge >= 0.3 is 0 Å². The standard InChI is InChI=1S/C33H37F2N7O3/c1-36-33(25-7-11-27(35)12-8-25)39-28(24-5-9-26(34)10-6-24)13-14-32(44)42-19-17-40(18-20-42)29-22-30(38-23-37-29)45-21-3-16-41-15-2-4-31(41)43/h5-12,22-23H,2-4,13-21H2,1H3. The SMILES string of the molecule is CN=C(N=C(CCC(=O)N1CCN(c2cc(OCCCN3CCCC3=O)ncn2)CC1)c1ccc(F)cc1)c1ccc(F)cc1. The molecule has 2 fully saturated rings. The van der Waals surface area contributed by atoms with Crippen molar-refractivity contribution in [2.24, 2.45) is 9.98 Å². The second-order valence-electron chi connectivity index (χ2n) is 10.9. The number of hydrogen-bond acceptors (Lipinski definition) is 7. The van der Waals surface area contributed by atoms with Gasteiger partial charge in [0.05, 0.1) is 12.3 Å². The lowest BCUT2D eigenvalue weighted by molar-refractivity contribution is -0.131. The number of likely N-dealkylation sites (tertiary alicyclic amines) is 1. The Morgan fingerprint density at radius 3 is 2.24 bits per heavy atom. The summed E-state index contributed by atoms with van der Waals surface area (Å²) in [5, 5.41) is 0. The average molecular weight is 618 g/mol. The van der Waals surface area contributed by atoms with Crippen molar-refractivity contribution in [2.45, 2.75) is 32.1 Å². The monoisotopic (exact) mass is 617 g/mol. The zero-order valence-corrected chi connectivity index (χ0v) is 25.4. The second-order valence-corrected chi connectivity index (χ2v) is 10.9. The van der Waals surface area contributed by atoms with Crippen LogP contribution in [0.15, 0.2) is 70.9 Å². The third kappa shape index (κ3) is 8.68. The minimum absolute atomic E-state index is 0.00979. The summed E-state index contributed by atoms with van der Waals surface area (Å²) in [6.07, 6.45) is 4.30. The molecular weight excluding hydrogens is 580 g/mol. The first-order valence-corrected chi connectivity index (χ1v) is 15.2. The molecule has 3 aromatic rings. The van der Waals surface area contributed by atoms with Crippen molar-refractivity contribution in [1.29, 1.82) is 0 Å². The maximum absolute atomic E-state index is 13.7. The molecule has 2 aliphatic rings. The topological polar surface area (TPSA) is 104 Å². The number of rotatable bonds is 11. The van der Waals surface area contributed by atoms with Gasteiger partial charge in [0.25, 0.3) is 0 Å². The van der Waals surface area contributed by atoms with E-state index in [1.807, 2.05) is 9.80 Å². The molecule has 3 heterocycles. The number of carbonyl (C=O) groups is 2. The number of nitrogens with zero attached hydrogens (tertiary/aromatic N) is 7. The second kappa shape index (κ2) is 15.3. The van der Waals surface area contributed by atoms with Gasteiger partial charge in [-0.25, -0.2) is 23.7 Å². The maximum Gasteiger partial charge on any atom is 0.223 e. The normalized spacial score (nSPS) is 16.0. The smallest absolute Gasteiger partial charge is 0.223 e. The first-order chi connectivity index (χ1) is 21.9. The first kappa shape index (κ1) is 31.7. The summed E-state index contributed by atoms with van der Waals surface area (Å²) in [5.74, 6) is 1.08. The van der Waals surface area contributed by atoms with Gasteiger partial charge in [-0.15, -0.1) is 0 Å². The van der Waals surface area contributed by atoms with Crippen molar-refractivity contribution in [3.05, 3.63) is 83.7 Å². The van der Waals surface area contributed by atoms with Crippen molar-refractivity contribution < 1.29 is 23.1 Å². The van der Waals surface area contributed by atoms with Crippen molar-refractivity contribution in [2.75, 3.05) is 57.8 Å². The Balaban J connectivity index is 1.15. The van der Waals surface area contributed by atoms with E-state index < -0.39 is 0 Å². The van der Waals surface area contributed by atoms with Crippen LogP contribution in [0.3, 0.4) is 0 Å². The van der Waals surface area contributed by atoms with Crippen LogP contribution in [0.2, 0.25) is 0 Å². The fourth-order valence-electron chi connectivity index (χ4n) is 5.40. The molecule has 12 heteroatoms. The van der Waals surface area contributed by atoms with E-state index in [-0.39, 0.29) is 29.9 Å². The molecule has 236 valence electrons. The van der Waals surface area contributed by atoms with Crippen LogP contribution in [0.5, 0.6) is 5.88 Å². The maximum atomic E-state index is 13.7. The minimum Gasteiger partial charge on any atom is -0.477 e. The van der Waals surface area contributed by atoms with Crippen LogP contribution in [0.4, 0.5) is 14.6 Å². The van der Waals surface area contributed by atoms with E-state index in [9.17, 15) is 18.4 Å². The summed E-state index contributed by atoms with van der Waals surface area (Å²) in [6, 6.07) is 13.6. The third-order valence-corrected chi connectivity index (χ3v) is 7.89. The van der Waals surface area contributed by atoms with Gasteiger partial charge in [0.15, 0.2) is 5.84 Å². The van der Waals surface area contributed by atoms with Crippen LogP contribution in [0.25, 0.3) is 0 Å². The lowest BCUT2D eigenvalue weighted by atomic mass is 10.0. The summed E-state index contributed by atoms with van der Waals surface area (Å²) in [6.45, 7) is 4.24. The molecule has 0 unspecified atom stereocenters. The molecule has 0 N–H and O–H groups in total. The number of carbonyl (C=O) groups excluding carboxylic acids is 2. The van der Waals surface area contributed by atoms with E-state index in [2.05, 4.69) is 19.9 Å². The van der Waals surface area contributed by atoms with E-state index in [0.29, 0.717) is 80.7 Å². The van der Waals surface area contributed by atoms with Gasteiger partial charge in [-0.3, -0.25) is 14.6 Å². The fraction of sp³-hybridized carbons (Fsp3) is 0.394. The molecule has 2 aliphatic heterocycles. The van der Waals surface area contributed by atoms with Crippen molar-refractivity contribution in [3.8, 4) is 5.88 Å². The largest absolute Gasteiger partial charge is 0.477 e. The number of aliphatic imine (C=N–C) groups is 2. The lowest BCUT2D eigenvalue weighted by Gasteiger charge is -2.35. The number of ether oxygens (including phenoxy) is 1. The van der Waals surface area contributed by atoms with Crippen molar-refractivity contribution >= 4 is 29.2 Å². The van der Waals surface area contributed by atoms with Crippen LogP contribution in [-0.2, 0) is 9.59 Å². The van der Waals surface area contributed by atoms with E-state index in [1.165, 1.54) is 30.6 Å². The number of piperazine rings is 1. The van der Waals surface area contributed by atoms with E-state index >= 15 is 0 Å². The molecule has 0 radical (unpaired) electrons. The van der Waals surface area contributed by atoms with Crippen molar-refractivity contribution in [1.82, 2.24) is 19.8 Å². The number of benzene rings is 2. The van der Waals surface area contributed by atoms with Crippen LogP contribution in [-0.4, -0.2) is 96.1 Å². The van der Waals surface area contributed by atoms with Gasteiger partial charge in [0.2, 0.25) is 17.7 Å².